The number of carbonyl (C=O) groups excluding carboxylic acids is 2. The number of aryl methyl sites for hydroxylation is 2. The topological polar surface area (TPSA) is 120 Å². The molecule has 1 atom stereocenters. The van der Waals surface area contributed by atoms with E-state index in [1.165, 1.54) is 31.2 Å². The second kappa shape index (κ2) is 9.36. The summed E-state index contributed by atoms with van der Waals surface area (Å²) in [4.78, 5) is 33.9. The molecule has 28 heavy (non-hydrogen) atoms. The molecule has 0 aliphatic rings. The first kappa shape index (κ1) is 20.7. The molecular weight excluding hydrogens is 366 g/mol. The Kier molecular flexibility index (Phi) is 6.91. The van der Waals surface area contributed by atoms with Gasteiger partial charge >= 0.3 is 0 Å². The molecule has 0 aromatic heterocycles. The van der Waals surface area contributed by atoms with Gasteiger partial charge in [-0.25, -0.2) is 0 Å². The number of benzene rings is 2. The van der Waals surface area contributed by atoms with Crippen molar-refractivity contribution >= 4 is 17.5 Å². The van der Waals surface area contributed by atoms with Gasteiger partial charge in [0, 0.05) is 12.1 Å². The lowest BCUT2D eigenvalue weighted by molar-refractivity contribution is -0.384. The molecule has 0 aliphatic heterocycles. The van der Waals surface area contributed by atoms with Gasteiger partial charge in [0.2, 0.25) is 0 Å². The van der Waals surface area contributed by atoms with E-state index in [4.69, 9.17) is 9.47 Å². The minimum Gasteiger partial charge on any atom is -0.483 e. The lowest BCUT2D eigenvalue weighted by atomic mass is 10.1. The maximum Gasteiger partial charge on any atom is 0.279 e. The van der Waals surface area contributed by atoms with E-state index >= 15 is 0 Å². The second-order valence-electron chi connectivity index (χ2n) is 6.11. The Labute approximate surface area is 161 Å². The van der Waals surface area contributed by atoms with Crippen LogP contribution in [0.4, 0.5) is 5.69 Å². The molecule has 0 saturated carbocycles. The number of nitro groups is 1. The largest absolute Gasteiger partial charge is 0.483 e. The molecular formula is C19H21N3O6. The standard InChI is InChI=1S/C19H21N3O6/c1-12-4-9-17(13(2)10-12)27-11-18(23)20-21-19(24)14(3)28-16-7-5-15(6-8-16)22(25)26/h4-10,14H,11H2,1-3H3,(H,20,23)(H,21,24). The number of nitrogens with one attached hydrogen (secondary N) is 2. The third-order valence-electron chi connectivity index (χ3n) is 3.74. The van der Waals surface area contributed by atoms with Gasteiger partial charge in [-0.05, 0) is 44.5 Å². The zero-order valence-corrected chi connectivity index (χ0v) is 15.7. The first-order valence-corrected chi connectivity index (χ1v) is 8.46. The fourth-order valence-electron chi connectivity index (χ4n) is 2.28. The normalized spacial score (nSPS) is 11.2. The highest BCUT2D eigenvalue weighted by molar-refractivity contribution is 5.85. The van der Waals surface area contributed by atoms with Crippen molar-refractivity contribution in [2.75, 3.05) is 6.61 Å². The minimum absolute atomic E-state index is 0.0828. The molecule has 2 aromatic rings. The molecule has 0 saturated heterocycles. The molecule has 0 bridgehead atoms. The van der Waals surface area contributed by atoms with Crippen LogP contribution in [-0.4, -0.2) is 29.4 Å². The van der Waals surface area contributed by atoms with E-state index in [1.807, 2.05) is 26.0 Å². The molecule has 2 rings (SSSR count). The molecule has 0 radical (unpaired) electrons. The predicted molar refractivity (Wildman–Crippen MR) is 101 cm³/mol. The summed E-state index contributed by atoms with van der Waals surface area (Å²) in [6.07, 6.45) is -0.929. The molecule has 1 unspecified atom stereocenters. The smallest absolute Gasteiger partial charge is 0.279 e. The molecule has 0 fully saturated rings. The van der Waals surface area contributed by atoms with E-state index in [0.717, 1.165) is 11.1 Å². The maximum absolute atomic E-state index is 12.0. The quantitative estimate of drug-likeness (QED) is 0.555. The highest BCUT2D eigenvalue weighted by atomic mass is 16.6. The highest BCUT2D eigenvalue weighted by Gasteiger charge is 2.16. The van der Waals surface area contributed by atoms with Crippen LogP contribution in [0.1, 0.15) is 18.1 Å². The van der Waals surface area contributed by atoms with E-state index in [-0.39, 0.29) is 18.0 Å². The number of nitrogens with zero attached hydrogens (tertiary/aromatic N) is 1. The Morgan fingerprint density at radius 1 is 1.11 bits per heavy atom. The fraction of sp³-hybridized carbons (Fsp3) is 0.263. The van der Waals surface area contributed by atoms with Gasteiger partial charge in [-0.15, -0.1) is 0 Å². The SMILES string of the molecule is Cc1ccc(OCC(=O)NNC(=O)C(C)Oc2ccc([N+](=O)[O-])cc2)c(C)c1. The van der Waals surface area contributed by atoms with Gasteiger partial charge in [0.05, 0.1) is 4.92 Å². The van der Waals surface area contributed by atoms with Crippen molar-refractivity contribution in [1.29, 1.82) is 0 Å². The van der Waals surface area contributed by atoms with Gasteiger partial charge in [0.15, 0.2) is 12.7 Å². The Hall–Kier alpha value is -3.62. The number of amides is 2. The summed E-state index contributed by atoms with van der Waals surface area (Å²) in [6.45, 7) is 5.05. The van der Waals surface area contributed by atoms with Crippen LogP contribution >= 0.6 is 0 Å². The van der Waals surface area contributed by atoms with Gasteiger partial charge in [-0.2, -0.15) is 0 Å². The minimum atomic E-state index is -0.929. The first-order chi connectivity index (χ1) is 13.3. The molecule has 2 N–H and O–H groups in total. The lowest BCUT2D eigenvalue weighted by Crippen LogP contribution is -2.48. The lowest BCUT2D eigenvalue weighted by Gasteiger charge is -2.15. The van der Waals surface area contributed by atoms with Crippen LogP contribution in [0.2, 0.25) is 0 Å². The summed E-state index contributed by atoms with van der Waals surface area (Å²) in [5.74, 6) is -0.242. The summed E-state index contributed by atoms with van der Waals surface area (Å²) < 4.78 is 10.8. The molecule has 148 valence electrons. The number of hydrogen-bond donors (Lipinski definition) is 2. The van der Waals surface area contributed by atoms with Crippen molar-refractivity contribution in [1.82, 2.24) is 10.9 Å². The van der Waals surface area contributed by atoms with Crippen molar-refractivity contribution in [3.05, 3.63) is 63.7 Å². The van der Waals surface area contributed by atoms with Gasteiger partial charge < -0.3 is 9.47 Å². The van der Waals surface area contributed by atoms with E-state index in [1.54, 1.807) is 6.07 Å². The monoisotopic (exact) mass is 387 g/mol. The second-order valence-corrected chi connectivity index (χ2v) is 6.11. The van der Waals surface area contributed by atoms with Gasteiger partial charge in [0.25, 0.3) is 17.5 Å². The summed E-state index contributed by atoms with van der Waals surface area (Å²) in [5.41, 5.74) is 6.39. The number of carbonyl (C=O) groups is 2. The van der Waals surface area contributed by atoms with Gasteiger partial charge in [-0.1, -0.05) is 17.7 Å². The van der Waals surface area contributed by atoms with E-state index in [0.29, 0.717) is 5.75 Å². The number of rotatable bonds is 7. The van der Waals surface area contributed by atoms with Gasteiger partial charge in [-0.3, -0.25) is 30.6 Å². The molecule has 2 amide bonds. The third-order valence-corrected chi connectivity index (χ3v) is 3.74. The van der Waals surface area contributed by atoms with Crippen molar-refractivity contribution in [2.24, 2.45) is 0 Å². The zero-order chi connectivity index (χ0) is 20.7. The van der Waals surface area contributed by atoms with E-state index in [2.05, 4.69) is 10.9 Å². The van der Waals surface area contributed by atoms with Gasteiger partial charge in [0.1, 0.15) is 11.5 Å². The third kappa shape index (κ3) is 5.97. The van der Waals surface area contributed by atoms with Crippen molar-refractivity contribution in [3.63, 3.8) is 0 Å². The summed E-state index contributed by atoms with van der Waals surface area (Å²) in [7, 11) is 0. The Morgan fingerprint density at radius 3 is 2.39 bits per heavy atom. The van der Waals surface area contributed by atoms with Crippen LogP contribution in [0, 0.1) is 24.0 Å². The van der Waals surface area contributed by atoms with Crippen LogP contribution in [0.25, 0.3) is 0 Å². The summed E-state index contributed by atoms with van der Waals surface area (Å²) in [6, 6.07) is 10.9. The zero-order valence-electron chi connectivity index (χ0n) is 15.7. The van der Waals surface area contributed by atoms with Crippen molar-refractivity contribution < 1.29 is 24.0 Å². The van der Waals surface area contributed by atoms with Crippen LogP contribution < -0.4 is 20.3 Å². The number of non-ortho nitro benzene ring substituents is 1. The Bertz CT molecular complexity index is 866. The van der Waals surface area contributed by atoms with Crippen molar-refractivity contribution in [2.45, 2.75) is 26.9 Å². The van der Waals surface area contributed by atoms with Crippen molar-refractivity contribution in [3.8, 4) is 11.5 Å². The Morgan fingerprint density at radius 2 is 1.79 bits per heavy atom. The molecule has 9 nitrogen and oxygen atoms in total. The maximum atomic E-state index is 12.0. The number of hydrogen-bond acceptors (Lipinski definition) is 6. The van der Waals surface area contributed by atoms with Crippen LogP contribution in [0.5, 0.6) is 11.5 Å². The average molecular weight is 387 g/mol. The Balaban J connectivity index is 1.77. The molecule has 0 spiro atoms. The summed E-state index contributed by atoms with van der Waals surface area (Å²) in [5, 5.41) is 10.6. The first-order valence-electron chi connectivity index (χ1n) is 8.46. The highest BCUT2D eigenvalue weighted by Crippen LogP contribution is 2.19. The molecule has 0 aliphatic carbocycles. The van der Waals surface area contributed by atoms with Crippen LogP contribution in [-0.2, 0) is 9.59 Å². The number of nitro benzene ring substituents is 1. The molecule has 0 heterocycles. The van der Waals surface area contributed by atoms with E-state index in [9.17, 15) is 19.7 Å². The fourth-order valence-corrected chi connectivity index (χ4v) is 2.28. The van der Waals surface area contributed by atoms with Crippen LogP contribution in [0.3, 0.4) is 0 Å². The van der Waals surface area contributed by atoms with Crippen LogP contribution in [0.15, 0.2) is 42.5 Å². The van der Waals surface area contributed by atoms with E-state index < -0.39 is 22.8 Å². The predicted octanol–water partition coefficient (Wildman–Crippen LogP) is 2.21. The number of ether oxygens (including phenoxy) is 2. The number of hydrazine groups is 1. The molecule has 9 heteroatoms. The summed E-state index contributed by atoms with van der Waals surface area (Å²) >= 11 is 0. The molecule has 2 aromatic carbocycles. The average Bonchev–Trinajstić information content (AvgIpc) is 2.65.